The SMILES string of the molecule is C[C@@H](NC(=O)COC(=O)COc1ccccc1C#N)C12CC3CC(CC(C3)C1)C2. The Morgan fingerprint density at radius 1 is 1.14 bits per heavy atom. The number of carbonyl (C=O) groups is 2. The topological polar surface area (TPSA) is 88.4 Å². The Kier molecular flexibility index (Phi) is 5.49. The number of benzene rings is 1. The van der Waals surface area contributed by atoms with Crippen molar-refractivity contribution < 1.29 is 19.1 Å². The van der Waals surface area contributed by atoms with Crippen molar-refractivity contribution in [3.05, 3.63) is 29.8 Å². The second-order valence-electron chi connectivity index (χ2n) is 9.13. The number of amides is 1. The molecule has 4 bridgehead atoms. The Hall–Kier alpha value is -2.55. The monoisotopic (exact) mass is 396 g/mol. The summed E-state index contributed by atoms with van der Waals surface area (Å²) in [6.07, 6.45) is 7.75. The molecule has 6 nitrogen and oxygen atoms in total. The molecular formula is C23H28N2O4. The summed E-state index contributed by atoms with van der Waals surface area (Å²) in [5, 5.41) is 12.1. The van der Waals surface area contributed by atoms with Crippen LogP contribution in [-0.4, -0.2) is 31.1 Å². The number of hydrogen-bond acceptors (Lipinski definition) is 5. The van der Waals surface area contributed by atoms with Crippen LogP contribution in [0.25, 0.3) is 0 Å². The van der Waals surface area contributed by atoms with E-state index in [1.165, 1.54) is 38.5 Å². The average molecular weight is 396 g/mol. The zero-order valence-electron chi connectivity index (χ0n) is 16.9. The van der Waals surface area contributed by atoms with Crippen LogP contribution in [-0.2, 0) is 14.3 Å². The van der Waals surface area contributed by atoms with E-state index < -0.39 is 5.97 Å². The molecule has 0 saturated heterocycles. The standard InChI is InChI=1S/C23H28N2O4/c1-15(23-9-16-6-17(10-23)8-18(7-16)11-23)25-21(26)13-29-22(27)14-28-20-5-3-2-4-19(20)12-24/h2-5,15-18H,6-11,13-14H2,1H3,(H,25,26)/t15-,16?,17?,18?,23?/m1/s1. The van der Waals surface area contributed by atoms with Crippen LogP contribution in [0.4, 0.5) is 0 Å². The minimum atomic E-state index is -0.629. The highest BCUT2D eigenvalue weighted by Crippen LogP contribution is 2.61. The molecule has 0 spiro atoms. The van der Waals surface area contributed by atoms with Gasteiger partial charge in [0.1, 0.15) is 11.8 Å². The van der Waals surface area contributed by atoms with Gasteiger partial charge in [0.15, 0.2) is 13.2 Å². The van der Waals surface area contributed by atoms with Crippen LogP contribution in [0.15, 0.2) is 24.3 Å². The Balaban J connectivity index is 1.23. The van der Waals surface area contributed by atoms with Gasteiger partial charge >= 0.3 is 5.97 Å². The first-order valence-corrected chi connectivity index (χ1v) is 10.5. The summed E-state index contributed by atoms with van der Waals surface area (Å²) in [7, 11) is 0. The fraction of sp³-hybridized carbons (Fsp3) is 0.609. The number of hydrogen-bond donors (Lipinski definition) is 1. The fourth-order valence-electron chi connectivity index (χ4n) is 6.15. The summed E-state index contributed by atoms with van der Waals surface area (Å²) in [6, 6.07) is 8.77. The zero-order chi connectivity index (χ0) is 20.4. The number of nitrogens with zero attached hydrogens (tertiary/aromatic N) is 1. The highest BCUT2D eigenvalue weighted by molar-refractivity contribution is 5.81. The van der Waals surface area contributed by atoms with E-state index in [0.29, 0.717) is 11.3 Å². The molecule has 154 valence electrons. The van der Waals surface area contributed by atoms with E-state index in [0.717, 1.165) is 17.8 Å². The van der Waals surface area contributed by atoms with Crippen molar-refractivity contribution in [2.45, 2.75) is 51.5 Å². The van der Waals surface area contributed by atoms with Gasteiger partial charge < -0.3 is 14.8 Å². The molecule has 0 unspecified atom stereocenters. The van der Waals surface area contributed by atoms with Crippen LogP contribution in [0.1, 0.15) is 51.0 Å². The van der Waals surface area contributed by atoms with Crippen LogP contribution in [0.3, 0.4) is 0 Å². The fourth-order valence-corrected chi connectivity index (χ4v) is 6.15. The maximum atomic E-state index is 12.4. The summed E-state index contributed by atoms with van der Waals surface area (Å²) in [5.74, 6) is 1.91. The molecule has 4 saturated carbocycles. The van der Waals surface area contributed by atoms with Gasteiger partial charge in [0.05, 0.1) is 5.56 Å². The Bertz CT molecular complexity index is 793. The molecule has 5 rings (SSSR count). The van der Waals surface area contributed by atoms with Gasteiger partial charge in [-0.2, -0.15) is 5.26 Å². The molecule has 4 fully saturated rings. The van der Waals surface area contributed by atoms with Gasteiger partial charge in [-0.25, -0.2) is 4.79 Å². The van der Waals surface area contributed by atoms with Crippen LogP contribution in [0.2, 0.25) is 0 Å². The molecule has 0 aliphatic heterocycles. The van der Waals surface area contributed by atoms with Crippen LogP contribution < -0.4 is 10.1 Å². The van der Waals surface area contributed by atoms with E-state index in [1.807, 2.05) is 6.07 Å². The van der Waals surface area contributed by atoms with Crippen molar-refractivity contribution >= 4 is 11.9 Å². The predicted octanol–water partition coefficient (Wildman–Crippen LogP) is 3.20. The normalized spacial score (nSPS) is 30.3. The van der Waals surface area contributed by atoms with Gasteiger partial charge in [-0.1, -0.05) is 12.1 Å². The van der Waals surface area contributed by atoms with Gasteiger partial charge in [-0.15, -0.1) is 0 Å². The molecule has 1 aromatic carbocycles. The van der Waals surface area contributed by atoms with E-state index in [2.05, 4.69) is 12.2 Å². The molecule has 0 heterocycles. The van der Waals surface area contributed by atoms with Crippen molar-refractivity contribution in [1.82, 2.24) is 5.32 Å². The summed E-state index contributed by atoms with van der Waals surface area (Å²) >= 11 is 0. The minimum absolute atomic E-state index is 0.0980. The Labute approximate surface area is 171 Å². The van der Waals surface area contributed by atoms with Crippen molar-refractivity contribution in [1.29, 1.82) is 5.26 Å². The number of para-hydroxylation sites is 1. The van der Waals surface area contributed by atoms with Crippen molar-refractivity contribution in [2.75, 3.05) is 13.2 Å². The largest absolute Gasteiger partial charge is 0.481 e. The number of rotatable bonds is 7. The smallest absolute Gasteiger partial charge is 0.344 e. The lowest BCUT2D eigenvalue weighted by Crippen LogP contribution is -2.56. The molecule has 1 aromatic rings. The van der Waals surface area contributed by atoms with Gasteiger partial charge in [-0.3, -0.25) is 4.79 Å². The quantitative estimate of drug-likeness (QED) is 0.715. The number of nitrogens with one attached hydrogen (secondary N) is 1. The van der Waals surface area contributed by atoms with Gasteiger partial charge in [0.25, 0.3) is 5.91 Å². The van der Waals surface area contributed by atoms with Crippen LogP contribution in [0.5, 0.6) is 5.75 Å². The lowest BCUT2D eigenvalue weighted by atomic mass is 9.48. The van der Waals surface area contributed by atoms with E-state index >= 15 is 0 Å². The average Bonchev–Trinajstić information content (AvgIpc) is 2.70. The van der Waals surface area contributed by atoms with Crippen LogP contribution in [0, 0.1) is 34.5 Å². The number of esters is 1. The van der Waals surface area contributed by atoms with Gasteiger partial charge in [-0.05, 0) is 80.8 Å². The third-order valence-electron chi connectivity index (χ3n) is 7.10. The van der Waals surface area contributed by atoms with E-state index in [1.54, 1.807) is 24.3 Å². The molecule has 0 radical (unpaired) electrons. The first-order valence-electron chi connectivity index (χ1n) is 10.5. The molecule has 0 aromatic heterocycles. The van der Waals surface area contributed by atoms with Crippen molar-refractivity contribution in [3.63, 3.8) is 0 Å². The maximum Gasteiger partial charge on any atom is 0.344 e. The third kappa shape index (κ3) is 4.24. The van der Waals surface area contributed by atoms with E-state index in [9.17, 15) is 9.59 Å². The van der Waals surface area contributed by atoms with Crippen molar-refractivity contribution in [3.8, 4) is 11.8 Å². The lowest BCUT2D eigenvalue weighted by Gasteiger charge is -2.59. The molecule has 1 atom stereocenters. The first kappa shape index (κ1) is 19.8. The molecular weight excluding hydrogens is 368 g/mol. The summed E-state index contributed by atoms with van der Waals surface area (Å²) in [6.45, 7) is 1.46. The zero-order valence-corrected chi connectivity index (χ0v) is 16.9. The highest BCUT2D eigenvalue weighted by Gasteiger charge is 2.53. The maximum absolute atomic E-state index is 12.4. The summed E-state index contributed by atoms with van der Waals surface area (Å²) in [5.41, 5.74) is 0.570. The highest BCUT2D eigenvalue weighted by atomic mass is 16.6. The minimum Gasteiger partial charge on any atom is -0.481 e. The van der Waals surface area contributed by atoms with E-state index in [-0.39, 0.29) is 30.6 Å². The molecule has 1 N–H and O–H groups in total. The Morgan fingerprint density at radius 2 is 1.76 bits per heavy atom. The summed E-state index contributed by atoms with van der Waals surface area (Å²) < 4.78 is 10.4. The summed E-state index contributed by atoms with van der Waals surface area (Å²) in [4.78, 5) is 24.3. The second kappa shape index (κ2) is 8.06. The molecule has 29 heavy (non-hydrogen) atoms. The molecule has 4 aliphatic rings. The van der Waals surface area contributed by atoms with Crippen molar-refractivity contribution in [2.24, 2.45) is 23.2 Å². The number of nitriles is 1. The van der Waals surface area contributed by atoms with Gasteiger partial charge in [0, 0.05) is 6.04 Å². The first-order chi connectivity index (χ1) is 14.0. The molecule has 4 aliphatic carbocycles. The Morgan fingerprint density at radius 3 is 2.38 bits per heavy atom. The predicted molar refractivity (Wildman–Crippen MR) is 106 cm³/mol. The molecule has 1 amide bonds. The lowest BCUT2D eigenvalue weighted by molar-refractivity contribution is -0.151. The second-order valence-corrected chi connectivity index (χ2v) is 9.13. The van der Waals surface area contributed by atoms with E-state index in [4.69, 9.17) is 14.7 Å². The third-order valence-corrected chi connectivity index (χ3v) is 7.10. The number of ether oxygens (including phenoxy) is 2. The van der Waals surface area contributed by atoms with Crippen LogP contribution >= 0.6 is 0 Å². The van der Waals surface area contributed by atoms with Gasteiger partial charge in [0.2, 0.25) is 0 Å². The number of carbonyl (C=O) groups excluding carboxylic acids is 2. The molecule has 6 heteroatoms.